The van der Waals surface area contributed by atoms with Crippen molar-refractivity contribution in [1.82, 2.24) is 4.31 Å². The Morgan fingerprint density at radius 3 is 2.12 bits per heavy atom. The third-order valence-corrected chi connectivity index (χ3v) is 7.18. The second-order valence-electron chi connectivity index (χ2n) is 7.61. The number of aryl methyl sites for hydroxylation is 1. The van der Waals surface area contributed by atoms with Gasteiger partial charge >= 0.3 is 0 Å². The zero-order valence-corrected chi connectivity index (χ0v) is 17.9. The summed E-state index contributed by atoms with van der Waals surface area (Å²) in [4.78, 5) is 0.305. The van der Waals surface area contributed by atoms with Crippen molar-refractivity contribution >= 4 is 29.7 Å². The van der Waals surface area contributed by atoms with E-state index in [9.17, 15) is 8.42 Å². The van der Waals surface area contributed by atoms with Gasteiger partial charge in [0.25, 0.3) is 0 Å². The van der Waals surface area contributed by atoms with Crippen molar-refractivity contribution < 1.29 is 8.42 Å². The molecule has 1 unspecified atom stereocenters. The lowest BCUT2D eigenvalue weighted by molar-refractivity contribution is 0.551. The molecule has 0 radical (unpaired) electrons. The number of hydrogen-bond acceptors (Lipinski definition) is 2. The van der Waals surface area contributed by atoms with Crippen LogP contribution in [0.15, 0.2) is 53.4 Å². The maximum atomic E-state index is 13.1. The summed E-state index contributed by atoms with van der Waals surface area (Å²) in [6.07, 6.45) is 0. The minimum atomic E-state index is -3.59. The van der Waals surface area contributed by atoms with Crippen LogP contribution in [0.25, 0.3) is 0 Å². The van der Waals surface area contributed by atoms with Crippen LogP contribution in [0.2, 0.25) is 24.7 Å². The SMILES string of the molecule is Cc1ccc(S(=O)(=O)N2[C@H](c3ccc(Cl)cc3)[C@@H]2C#C[Si](C)(C)C)cc1. The molecule has 0 aliphatic carbocycles. The molecular weight excluding hydrogens is 382 g/mol. The first-order chi connectivity index (χ1) is 12.1. The lowest BCUT2D eigenvalue weighted by atomic mass is 10.1. The second kappa shape index (κ2) is 6.86. The van der Waals surface area contributed by atoms with Gasteiger partial charge in [0.2, 0.25) is 10.0 Å². The van der Waals surface area contributed by atoms with Crippen molar-refractivity contribution in [1.29, 1.82) is 0 Å². The van der Waals surface area contributed by atoms with Gasteiger partial charge in [0.15, 0.2) is 0 Å². The number of rotatable bonds is 3. The van der Waals surface area contributed by atoms with Crippen molar-refractivity contribution in [3.63, 3.8) is 0 Å². The highest BCUT2D eigenvalue weighted by Crippen LogP contribution is 2.47. The molecule has 0 N–H and O–H groups in total. The summed E-state index contributed by atoms with van der Waals surface area (Å²) in [6, 6.07) is 13.7. The summed E-state index contributed by atoms with van der Waals surface area (Å²) in [5, 5.41) is 0.632. The lowest BCUT2D eigenvalue weighted by Crippen LogP contribution is -2.18. The summed E-state index contributed by atoms with van der Waals surface area (Å²) in [6.45, 7) is 8.39. The Labute approximate surface area is 162 Å². The van der Waals surface area contributed by atoms with Crippen LogP contribution >= 0.6 is 11.6 Å². The van der Waals surface area contributed by atoms with E-state index in [1.54, 1.807) is 24.3 Å². The molecule has 2 aromatic rings. The molecule has 136 valence electrons. The largest absolute Gasteiger partial charge is 0.244 e. The Bertz CT molecular complexity index is 968. The monoisotopic (exact) mass is 403 g/mol. The standard InChI is InChI=1S/C20H22ClNO2SSi/c1-15-5-11-18(12-6-15)25(23,24)22-19(13-14-26(2,3)4)20(22)16-7-9-17(21)10-8-16/h5-12,19-20H,1-4H3/t19-,20+,22?/m0/s1. The number of hydrogen-bond donors (Lipinski definition) is 0. The highest BCUT2D eigenvalue weighted by Gasteiger charge is 2.55. The van der Waals surface area contributed by atoms with Gasteiger partial charge in [0.05, 0.1) is 10.9 Å². The number of benzene rings is 2. The van der Waals surface area contributed by atoms with Gasteiger partial charge in [-0.1, -0.05) is 67.0 Å². The smallest absolute Gasteiger partial charge is 0.207 e. The topological polar surface area (TPSA) is 37.1 Å². The van der Waals surface area contributed by atoms with E-state index in [0.29, 0.717) is 9.92 Å². The molecule has 3 rings (SSSR count). The molecule has 0 spiro atoms. The zero-order chi connectivity index (χ0) is 19.1. The normalized spacial score (nSPS) is 22.4. The molecule has 2 aromatic carbocycles. The third kappa shape index (κ3) is 4.05. The van der Waals surface area contributed by atoms with Crippen LogP contribution in [0.4, 0.5) is 0 Å². The van der Waals surface area contributed by atoms with E-state index in [1.165, 1.54) is 4.31 Å². The van der Waals surface area contributed by atoms with Crippen LogP contribution in [0, 0.1) is 18.4 Å². The summed E-state index contributed by atoms with van der Waals surface area (Å²) < 4.78 is 27.8. The van der Waals surface area contributed by atoms with E-state index in [-0.39, 0.29) is 12.1 Å². The van der Waals surface area contributed by atoms with E-state index in [0.717, 1.165) is 11.1 Å². The highest BCUT2D eigenvalue weighted by atomic mass is 35.5. The van der Waals surface area contributed by atoms with Crippen LogP contribution in [0.5, 0.6) is 0 Å². The molecule has 3 nitrogen and oxygen atoms in total. The first-order valence-corrected chi connectivity index (χ1v) is 13.8. The molecule has 1 saturated heterocycles. The lowest BCUT2D eigenvalue weighted by Gasteiger charge is -2.07. The molecule has 1 fully saturated rings. The van der Waals surface area contributed by atoms with Crippen molar-refractivity contribution in [3.8, 4) is 11.5 Å². The summed E-state index contributed by atoms with van der Waals surface area (Å²) in [5.41, 5.74) is 5.26. The third-order valence-electron chi connectivity index (χ3n) is 4.16. The van der Waals surface area contributed by atoms with Crippen LogP contribution in [0.1, 0.15) is 17.2 Å². The van der Waals surface area contributed by atoms with Gasteiger partial charge in [-0.3, -0.25) is 0 Å². The number of nitrogens with zero attached hydrogens (tertiary/aromatic N) is 1. The fourth-order valence-corrected chi connectivity index (χ4v) is 5.14. The average Bonchev–Trinajstić information content (AvgIpc) is 3.29. The van der Waals surface area contributed by atoms with Crippen LogP contribution < -0.4 is 0 Å². The predicted octanol–water partition coefficient (Wildman–Crippen LogP) is 4.64. The van der Waals surface area contributed by atoms with Gasteiger partial charge in [0.1, 0.15) is 14.1 Å². The van der Waals surface area contributed by atoms with Crippen molar-refractivity contribution in [3.05, 3.63) is 64.7 Å². The van der Waals surface area contributed by atoms with Gasteiger partial charge in [-0.05, 0) is 36.8 Å². The van der Waals surface area contributed by atoms with E-state index in [2.05, 4.69) is 31.1 Å². The summed E-state index contributed by atoms with van der Waals surface area (Å²) >= 11 is 5.98. The van der Waals surface area contributed by atoms with Crippen molar-refractivity contribution in [2.45, 2.75) is 43.5 Å². The molecule has 6 heteroatoms. The molecule has 0 aromatic heterocycles. The second-order valence-corrected chi connectivity index (χ2v) is 14.6. The predicted molar refractivity (Wildman–Crippen MR) is 109 cm³/mol. The Hall–Kier alpha value is -1.58. The molecule has 0 amide bonds. The van der Waals surface area contributed by atoms with Crippen LogP contribution in [0.3, 0.4) is 0 Å². The fourth-order valence-electron chi connectivity index (χ4n) is 2.76. The molecule has 3 atom stereocenters. The maximum Gasteiger partial charge on any atom is 0.244 e. The minimum absolute atomic E-state index is 0.262. The Morgan fingerprint density at radius 1 is 1.00 bits per heavy atom. The van der Waals surface area contributed by atoms with Crippen LogP contribution in [-0.4, -0.2) is 26.8 Å². The Balaban J connectivity index is 1.99. The number of halogens is 1. The van der Waals surface area contributed by atoms with Gasteiger partial charge in [-0.15, -0.1) is 5.54 Å². The van der Waals surface area contributed by atoms with Gasteiger partial charge in [0, 0.05) is 5.02 Å². The molecule has 1 aliphatic rings. The molecule has 26 heavy (non-hydrogen) atoms. The Morgan fingerprint density at radius 2 is 1.58 bits per heavy atom. The minimum Gasteiger partial charge on any atom is -0.207 e. The summed E-state index contributed by atoms with van der Waals surface area (Å²) in [7, 11) is -5.19. The van der Waals surface area contributed by atoms with Crippen molar-refractivity contribution in [2.24, 2.45) is 0 Å². The first kappa shape index (κ1) is 19.2. The van der Waals surface area contributed by atoms with Gasteiger partial charge in [-0.2, -0.15) is 4.31 Å². The van der Waals surface area contributed by atoms with Gasteiger partial charge in [-0.25, -0.2) is 8.42 Å². The molecule has 1 heterocycles. The van der Waals surface area contributed by atoms with E-state index < -0.39 is 18.1 Å². The maximum absolute atomic E-state index is 13.1. The molecule has 1 aliphatic heterocycles. The van der Waals surface area contributed by atoms with E-state index >= 15 is 0 Å². The highest BCUT2D eigenvalue weighted by molar-refractivity contribution is 7.89. The fraction of sp³-hybridized carbons (Fsp3) is 0.300. The van der Waals surface area contributed by atoms with E-state index in [1.807, 2.05) is 31.2 Å². The van der Waals surface area contributed by atoms with Crippen molar-refractivity contribution in [2.75, 3.05) is 0 Å². The average molecular weight is 404 g/mol. The quantitative estimate of drug-likeness (QED) is 0.425. The van der Waals surface area contributed by atoms with Crippen LogP contribution in [-0.2, 0) is 10.0 Å². The van der Waals surface area contributed by atoms with Gasteiger partial charge < -0.3 is 0 Å². The zero-order valence-electron chi connectivity index (χ0n) is 15.3. The first-order valence-electron chi connectivity index (χ1n) is 8.48. The molecular formula is C20H22ClNO2SSi. The number of sulfonamides is 1. The Kier molecular flexibility index (Phi) is 5.06. The molecule has 0 bridgehead atoms. The van der Waals surface area contributed by atoms with E-state index in [4.69, 9.17) is 11.6 Å². The summed E-state index contributed by atoms with van der Waals surface area (Å²) in [5.74, 6) is 3.22. The molecule has 0 saturated carbocycles.